The molecule has 1 atom stereocenters. The van der Waals surface area contributed by atoms with Gasteiger partial charge in [0.1, 0.15) is 4.33 Å². The molecule has 0 bridgehead atoms. The quantitative estimate of drug-likeness (QED) is 0.533. The van der Waals surface area contributed by atoms with Crippen LogP contribution >= 0.6 is 23.2 Å². The van der Waals surface area contributed by atoms with Crippen LogP contribution in [0.4, 0.5) is 0 Å². The average Bonchev–Trinajstić information content (AvgIpc) is 2.79. The van der Waals surface area contributed by atoms with Gasteiger partial charge < -0.3 is 0 Å². The summed E-state index contributed by atoms with van der Waals surface area (Å²) in [5.41, 5.74) is 0.917. The van der Waals surface area contributed by atoms with Crippen molar-refractivity contribution < 1.29 is 0 Å². The van der Waals surface area contributed by atoms with Crippen molar-refractivity contribution in [3.63, 3.8) is 0 Å². The van der Waals surface area contributed by atoms with Crippen LogP contribution in [-0.2, 0) is 6.42 Å². The molecule has 1 saturated carbocycles. The summed E-state index contributed by atoms with van der Waals surface area (Å²) in [6.07, 6.45) is 1.44. The molecule has 0 aromatic heterocycles. The van der Waals surface area contributed by atoms with Crippen LogP contribution in [-0.4, -0.2) is 4.33 Å². The molecule has 17 heavy (non-hydrogen) atoms. The molecule has 2 heteroatoms. The van der Waals surface area contributed by atoms with Crippen LogP contribution in [0.1, 0.15) is 18.9 Å². The predicted molar refractivity (Wildman–Crippen MR) is 72.9 cm³/mol. The fraction of sp³-hybridized carbons (Fsp3) is 0.333. The van der Waals surface area contributed by atoms with E-state index < -0.39 is 4.33 Å². The molecule has 0 aliphatic heterocycles. The molecule has 0 amide bonds. The molecule has 0 heterocycles. The van der Waals surface area contributed by atoms with E-state index in [0.717, 1.165) is 12.8 Å². The lowest BCUT2D eigenvalue weighted by atomic mass is 10.1. The number of rotatable bonds is 1. The summed E-state index contributed by atoms with van der Waals surface area (Å²) in [7, 11) is 0. The van der Waals surface area contributed by atoms with Crippen LogP contribution in [0.25, 0.3) is 0 Å². The summed E-state index contributed by atoms with van der Waals surface area (Å²) in [5, 5.41) is 0. The molecule has 86 valence electrons. The van der Waals surface area contributed by atoms with Gasteiger partial charge in [-0.15, -0.1) is 0 Å². The Balaban J connectivity index is 1.91. The van der Waals surface area contributed by atoms with Crippen LogP contribution < -0.4 is 0 Å². The molecule has 1 fully saturated rings. The Morgan fingerprint density at radius 1 is 1.18 bits per heavy atom. The smallest absolute Gasteiger partial charge is 0.0999 e. The van der Waals surface area contributed by atoms with Crippen molar-refractivity contribution in [1.29, 1.82) is 0 Å². The summed E-state index contributed by atoms with van der Waals surface area (Å²) in [6.45, 7) is 1.96. The van der Waals surface area contributed by atoms with E-state index in [4.69, 9.17) is 23.2 Å². The number of halogens is 2. The summed E-state index contributed by atoms with van der Waals surface area (Å²) in [6, 6.07) is 10.1. The van der Waals surface area contributed by atoms with Crippen molar-refractivity contribution in [2.75, 3.05) is 0 Å². The zero-order valence-electron chi connectivity index (χ0n) is 9.56. The third-order valence-corrected chi connectivity index (χ3v) is 3.98. The molecular formula is C15H12Cl2. The number of hydrogen-bond acceptors (Lipinski definition) is 0. The summed E-state index contributed by atoms with van der Waals surface area (Å²) in [5.74, 6) is 11.7. The maximum absolute atomic E-state index is 5.97. The lowest BCUT2D eigenvalue weighted by Crippen LogP contribution is -1.99. The zero-order chi connectivity index (χ0) is 12.4. The minimum Gasteiger partial charge on any atom is -0.0999 e. The standard InChI is InChI=1S/C15H12Cl2/c1-14(12-15(14,16)17)11-7-3-6-10-13-8-4-2-5-9-13/h2,4-5,8-9H,10,12H2,1H3. The van der Waals surface area contributed by atoms with Gasteiger partial charge in [-0.1, -0.05) is 65.4 Å². The van der Waals surface area contributed by atoms with E-state index in [2.05, 4.69) is 23.7 Å². The highest BCUT2D eigenvalue weighted by atomic mass is 35.5. The molecule has 1 aromatic rings. The minimum absolute atomic E-state index is 0.280. The molecule has 2 rings (SSSR count). The third kappa shape index (κ3) is 2.98. The highest BCUT2D eigenvalue weighted by Crippen LogP contribution is 2.63. The van der Waals surface area contributed by atoms with Gasteiger partial charge >= 0.3 is 0 Å². The Bertz CT molecular complexity index is 523. The second-order valence-corrected chi connectivity index (χ2v) is 5.91. The van der Waals surface area contributed by atoms with Crippen LogP contribution in [0.15, 0.2) is 30.3 Å². The first-order valence-electron chi connectivity index (χ1n) is 5.45. The largest absolute Gasteiger partial charge is 0.136 e. The molecule has 1 unspecified atom stereocenters. The van der Waals surface area contributed by atoms with Crippen LogP contribution in [0.2, 0.25) is 0 Å². The second-order valence-electron chi connectivity index (χ2n) is 4.43. The van der Waals surface area contributed by atoms with Crippen LogP contribution in [0.5, 0.6) is 0 Å². The van der Waals surface area contributed by atoms with Gasteiger partial charge in [-0.05, 0) is 24.3 Å². The highest BCUT2D eigenvalue weighted by Gasteiger charge is 2.62. The van der Waals surface area contributed by atoms with Crippen LogP contribution in [0.3, 0.4) is 0 Å². The van der Waals surface area contributed by atoms with Gasteiger partial charge in [0.25, 0.3) is 0 Å². The Morgan fingerprint density at radius 3 is 2.41 bits per heavy atom. The minimum atomic E-state index is -0.679. The van der Waals surface area contributed by atoms with E-state index in [1.807, 2.05) is 37.3 Å². The summed E-state index contributed by atoms with van der Waals surface area (Å²) in [4.78, 5) is 0. The Morgan fingerprint density at radius 2 is 1.82 bits per heavy atom. The van der Waals surface area contributed by atoms with E-state index in [0.29, 0.717) is 0 Å². The summed E-state index contributed by atoms with van der Waals surface area (Å²) >= 11 is 11.9. The maximum atomic E-state index is 5.97. The van der Waals surface area contributed by atoms with Crippen molar-refractivity contribution in [2.45, 2.75) is 24.1 Å². The monoisotopic (exact) mass is 262 g/mol. The summed E-state index contributed by atoms with van der Waals surface area (Å²) < 4.78 is -0.679. The lowest BCUT2D eigenvalue weighted by molar-refractivity contribution is 0.768. The van der Waals surface area contributed by atoms with Gasteiger partial charge in [-0.2, -0.15) is 0 Å². The van der Waals surface area contributed by atoms with E-state index in [-0.39, 0.29) is 5.41 Å². The normalized spacial score (nSPS) is 23.9. The first-order chi connectivity index (χ1) is 8.04. The lowest BCUT2D eigenvalue weighted by Gasteiger charge is -1.99. The van der Waals surface area contributed by atoms with E-state index in [1.54, 1.807) is 0 Å². The second kappa shape index (κ2) is 4.66. The first-order valence-corrected chi connectivity index (χ1v) is 6.21. The first kappa shape index (κ1) is 12.4. The van der Waals surface area contributed by atoms with Crippen molar-refractivity contribution in [2.24, 2.45) is 5.41 Å². The maximum Gasteiger partial charge on any atom is 0.136 e. The van der Waals surface area contributed by atoms with Crippen LogP contribution in [0, 0.1) is 29.1 Å². The zero-order valence-corrected chi connectivity index (χ0v) is 11.1. The van der Waals surface area contributed by atoms with E-state index in [1.165, 1.54) is 5.56 Å². The molecule has 0 N–H and O–H groups in total. The number of alkyl halides is 2. The van der Waals surface area contributed by atoms with E-state index in [9.17, 15) is 0 Å². The van der Waals surface area contributed by atoms with Crippen molar-refractivity contribution in [3.8, 4) is 23.7 Å². The van der Waals surface area contributed by atoms with Gasteiger partial charge in [-0.25, -0.2) is 0 Å². The molecular weight excluding hydrogens is 251 g/mol. The van der Waals surface area contributed by atoms with Gasteiger partial charge in [0.2, 0.25) is 0 Å². The fourth-order valence-corrected chi connectivity index (χ4v) is 2.12. The molecule has 0 nitrogen and oxygen atoms in total. The predicted octanol–water partition coefficient (Wildman–Crippen LogP) is 3.82. The van der Waals surface area contributed by atoms with Gasteiger partial charge in [0.05, 0.1) is 5.41 Å². The molecule has 1 aliphatic rings. The Kier molecular flexibility index (Phi) is 3.39. The molecule has 1 aliphatic carbocycles. The molecule has 0 saturated heterocycles. The number of hydrogen-bond donors (Lipinski definition) is 0. The van der Waals surface area contributed by atoms with Crippen molar-refractivity contribution in [1.82, 2.24) is 0 Å². The number of benzene rings is 1. The molecule has 0 spiro atoms. The van der Waals surface area contributed by atoms with Gasteiger partial charge in [-0.3, -0.25) is 0 Å². The molecule has 0 radical (unpaired) electrons. The fourth-order valence-electron chi connectivity index (χ4n) is 1.49. The topological polar surface area (TPSA) is 0 Å². The highest BCUT2D eigenvalue weighted by molar-refractivity contribution is 6.51. The van der Waals surface area contributed by atoms with Crippen molar-refractivity contribution in [3.05, 3.63) is 35.9 Å². The third-order valence-electron chi connectivity index (χ3n) is 2.88. The van der Waals surface area contributed by atoms with Crippen molar-refractivity contribution >= 4 is 23.2 Å². The van der Waals surface area contributed by atoms with Gasteiger partial charge in [0.15, 0.2) is 0 Å². The average molecular weight is 263 g/mol. The van der Waals surface area contributed by atoms with Gasteiger partial charge in [0, 0.05) is 12.8 Å². The Hall–Kier alpha value is -1.08. The molecule has 1 aromatic carbocycles. The SMILES string of the molecule is CC1(C#CC#CCc2ccccc2)CC1(Cl)Cl. The van der Waals surface area contributed by atoms with E-state index >= 15 is 0 Å². The Labute approximate surface area is 112 Å².